The summed E-state index contributed by atoms with van der Waals surface area (Å²) in [4.78, 5) is 11.8. The molecule has 86 valence electrons. The van der Waals surface area contributed by atoms with E-state index in [9.17, 15) is 4.79 Å². The molecule has 3 nitrogen and oxygen atoms in total. The minimum Gasteiger partial charge on any atom is -0.459 e. The minimum atomic E-state index is -0.412. The van der Waals surface area contributed by atoms with Crippen LogP contribution in [0, 0.1) is 5.41 Å². The van der Waals surface area contributed by atoms with Gasteiger partial charge in [0.15, 0.2) is 0 Å². The number of esters is 1. The Morgan fingerprint density at radius 2 is 2.47 bits per heavy atom. The number of carbonyl (C=O) groups is 1. The number of allylic oxidation sites excluding steroid dienone is 1. The molecular weight excluding hydrogens is 192 g/mol. The molecule has 1 fully saturated rings. The first-order valence-electron chi connectivity index (χ1n) is 5.61. The lowest BCUT2D eigenvalue weighted by Crippen LogP contribution is -2.25. The Morgan fingerprint density at radius 3 is 2.93 bits per heavy atom. The molecule has 0 unspecified atom stereocenters. The minimum absolute atomic E-state index is 0.0727. The van der Waals surface area contributed by atoms with Gasteiger partial charge < -0.3 is 9.84 Å². The smallest absolute Gasteiger partial charge is 0.312 e. The molecule has 0 aliphatic carbocycles. The molecule has 1 N–H and O–H groups in total. The van der Waals surface area contributed by atoms with E-state index in [1.54, 1.807) is 6.08 Å². The molecule has 1 heterocycles. The van der Waals surface area contributed by atoms with Crippen molar-refractivity contribution >= 4 is 5.97 Å². The topological polar surface area (TPSA) is 46.5 Å². The lowest BCUT2D eigenvalue weighted by atomic mass is 9.77. The van der Waals surface area contributed by atoms with Gasteiger partial charge in [-0.25, -0.2) is 0 Å². The quantitative estimate of drug-likeness (QED) is 0.541. The van der Waals surface area contributed by atoms with Crippen LogP contribution in [-0.4, -0.2) is 23.8 Å². The fraction of sp³-hybridized carbons (Fsp3) is 0.750. The number of aliphatic hydroxyl groups excluding tert-OH is 1. The molecule has 0 bridgehead atoms. The Labute approximate surface area is 91.1 Å². The summed E-state index contributed by atoms with van der Waals surface area (Å²) in [5.41, 5.74) is -0.412. The Kier molecular flexibility index (Phi) is 4.33. The summed E-state index contributed by atoms with van der Waals surface area (Å²) < 4.78 is 5.14. The Hall–Kier alpha value is -0.830. The zero-order valence-corrected chi connectivity index (χ0v) is 9.37. The molecule has 1 aliphatic rings. The molecule has 0 saturated carbocycles. The van der Waals surface area contributed by atoms with Gasteiger partial charge in [0.2, 0.25) is 0 Å². The van der Waals surface area contributed by atoms with Gasteiger partial charge >= 0.3 is 5.97 Å². The SMILES string of the molecule is C=CC[C@]1(CCCC)C[C@@H](CO)OC1=O. The highest BCUT2D eigenvalue weighted by Gasteiger charge is 2.47. The molecule has 3 heteroatoms. The van der Waals surface area contributed by atoms with Gasteiger partial charge in [-0.15, -0.1) is 6.58 Å². The summed E-state index contributed by atoms with van der Waals surface area (Å²) in [6, 6.07) is 0. The monoisotopic (exact) mass is 212 g/mol. The van der Waals surface area contributed by atoms with Crippen LogP contribution in [0.5, 0.6) is 0 Å². The average molecular weight is 212 g/mol. The van der Waals surface area contributed by atoms with E-state index in [1.165, 1.54) is 0 Å². The van der Waals surface area contributed by atoms with Crippen LogP contribution in [-0.2, 0) is 9.53 Å². The standard InChI is InChI=1S/C12H20O3/c1-3-5-7-12(6-4-2)8-10(9-13)15-11(12)14/h4,10,13H,2-3,5-9H2,1H3/t10-,12-/m0/s1. The maximum Gasteiger partial charge on any atom is 0.312 e. The van der Waals surface area contributed by atoms with Crippen LogP contribution in [0.25, 0.3) is 0 Å². The third kappa shape index (κ3) is 2.59. The average Bonchev–Trinajstić information content (AvgIpc) is 2.54. The van der Waals surface area contributed by atoms with Crippen LogP contribution in [0.2, 0.25) is 0 Å². The van der Waals surface area contributed by atoms with Gasteiger partial charge in [-0.05, 0) is 12.8 Å². The summed E-state index contributed by atoms with van der Waals surface area (Å²) >= 11 is 0. The second-order valence-electron chi connectivity index (χ2n) is 4.29. The molecule has 0 aromatic rings. The largest absolute Gasteiger partial charge is 0.459 e. The normalized spacial score (nSPS) is 30.3. The molecule has 1 saturated heterocycles. The fourth-order valence-corrected chi connectivity index (χ4v) is 2.20. The molecule has 0 amide bonds. The van der Waals surface area contributed by atoms with Crippen LogP contribution >= 0.6 is 0 Å². The van der Waals surface area contributed by atoms with Crippen molar-refractivity contribution in [2.75, 3.05) is 6.61 Å². The van der Waals surface area contributed by atoms with Crippen molar-refractivity contribution in [1.82, 2.24) is 0 Å². The van der Waals surface area contributed by atoms with E-state index in [0.29, 0.717) is 12.8 Å². The highest BCUT2D eigenvalue weighted by Crippen LogP contribution is 2.41. The van der Waals surface area contributed by atoms with E-state index in [-0.39, 0.29) is 18.7 Å². The van der Waals surface area contributed by atoms with Crippen molar-refractivity contribution < 1.29 is 14.6 Å². The molecule has 1 rings (SSSR count). The molecular formula is C12H20O3. The van der Waals surface area contributed by atoms with E-state index < -0.39 is 5.41 Å². The lowest BCUT2D eigenvalue weighted by molar-refractivity contribution is -0.150. The number of rotatable bonds is 6. The van der Waals surface area contributed by atoms with Gasteiger partial charge in [-0.2, -0.15) is 0 Å². The number of hydrogen-bond donors (Lipinski definition) is 1. The molecule has 1 aliphatic heterocycles. The van der Waals surface area contributed by atoms with Crippen LogP contribution < -0.4 is 0 Å². The Morgan fingerprint density at radius 1 is 1.73 bits per heavy atom. The number of aliphatic hydroxyl groups is 1. The number of ether oxygens (including phenoxy) is 1. The second kappa shape index (κ2) is 5.31. The molecule has 0 radical (unpaired) electrons. The molecule has 15 heavy (non-hydrogen) atoms. The van der Waals surface area contributed by atoms with Crippen molar-refractivity contribution in [3.8, 4) is 0 Å². The molecule has 0 aromatic carbocycles. The zero-order chi connectivity index (χ0) is 11.3. The molecule has 0 aromatic heterocycles. The number of cyclic esters (lactones) is 1. The van der Waals surface area contributed by atoms with Crippen molar-refractivity contribution in [3.63, 3.8) is 0 Å². The summed E-state index contributed by atoms with van der Waals surface area (Å²) in [7, 11) is 0. The third-order valence-electron chi connectivity index (χ3n) is 3.07. The highest BCUT2D eigenvalue weighted by molar-refractivity contribution is 5.79. The van der Waals surface area contributed by atoms with E-state index >= 15 is 0 Å². The first-order valence-corrected chi connectivity index (χ1v) is 5.61. The van der Waals surface area contributed by atoms with Crippen LogP contribution in [0.1, 0.15) is 39.0 Å². The summed E-state index contributed by atoms with van der Waals surface area (Å²) in [5, 5.41) is 9.01. The van der Waals surface area contributed by atoms with Crippen molar-refractivity contribution in [3.05, 3.63) is 12.7 Å². The van der Waals surface area contributed by atoms with E-state index in [0.717, 1.165) is 19.3 Å². The predicted molar refractivity (Wildman–Crippen MR) is 58.4 cm³/mol. The Bertz CT molecular complexity index is 237. The van der Waals surface area contributed by atoms with E-state index in [2.05, 4.69) is 13.5 Å². The maximum absolute atomic E-state index is 11.8. The third-order valence-corrected chi connectivity index (χ3v) is 3.07. The van der Waals surface area contributed by atoms with Gasteiger partial charge in [0.25, 0.3) is 0 Å². The predicted octanol–water partition coefficient (Wildman–Crippen LogP) is 2.05. The first-order chi connectivity index (χ1) is 7.18. The van der Waals surface area contributed by atoms with Crippen molar-refractivity contribution in [1.29, 1.82) is 0 Å². The van der Waals surface area contributed by atoms with Crippen molar-refractivity contribution in [2.24, 2.45) is 5.41 Å². The summed E-state index contributed by atoms with van der Waals surface area (Å²) in [5.74, 6) is -0.157. The van der Waals surface area contributed by atoms with Crippen molar-refractivity contribution in [2.45, 2.75) is 45.1 Å². The van der Waals surface area contributed by atoms with Gasteiger partial charge in [0.1, 0.15) is 6.10 Å². The summed E-state index contributed by atoms with van der Waals surface area (Å²) in [6.45, 7) is 5.72. The Balaban J connectivity index is 2.71. The highest BCUT2D eigenvalue weighted by atomic mass is 16.6. The second-order valence-corrected chi connectivity index (χ2v) is 4.29. The first kappa shape index (κ1) is 12.2. The van der Waals surface area contributed by atoms with Gasteiger partial charge in [-0.1, -0.05) is 25.8 Å². The van der Waals surface area contributed by atoms with Gasteiger partial charge in [0, 0.05) is 6.42 Å². The van der Waals surface area contributed by atoms with E-state index in [4.69, 9.17) is 9.84 Å². The molecule has 2 atom stereocenters. The molecule has 0 spiro atoms. The van der Waals surface area contributed by atoms with Crippen LogP contribution in [0.15, 0.2) is 12.7 Å². The van der Waals surface area contributed by atoms with Crippen LogP contribution in [0.3, 0.4) is 0 Å². The number of carbonyl (C=O) groups excluding carboxylic acids is 1. The fourth-order valence-electron chi connectivity index (χ4n) is 2.20. The summed E-state index contributed by atoms with van der Waals surface area (Å²) in [6.07, 6.45) is 5.67. The number of hydrogen-bond acceptors (Lipinski definition) is 3. The van der Waals surface area contributed by atoms with Gasteiger partial charge in [-0.3, -0.25) is 4.79 Å². The maximum atomic E-state index is 11.8. The number of unbranched alkanes of at least 4 members (excludes halogenated alkanes) is 1. The van der Waals surface area contributed by atoms with Gasteiger partial charge in [0.05, 0.1) is 12.0 Å². The van der Waals surface area contributed by atoms with Crippen LogP contribution in [0.4, 0.5) is 0 Å². The zero-order valence-electron chi connectivity index (χ0n) is 9.37. The van der Waals surface area contributed by atoms with E-state index in [1.807, 2.05) is 0 Å². The lowest BCUT2D eigenvalue weighted by Gasteiger charge is -2.22.